The van der Waals surface area contributed by atoms with Crippen LogP contribution in [-0.2, 0) is 6.54 Å². The number of hydrogen-bond donors (Lipinski definition) is 0. The van der Waals surface area contributed by atoms with Gasteiger partial charge in [0.15, 0.2) is 11.5 Å². The number of piperazine rings is 1. The van der Waals surface area contributed by atoms with Crippen LogP contribution in [0.3, 0.4) is 0 Å². The van der Waals surface area contributed by atoms with Gasteiger partial charge in [0.1, 0.15) is 4.99 Å². The second-order valence-electron chi connectivity index (χ2n) is 6.25. The molecule has 0 saturated carbocycles. The van der Waals surface area contributed by atoms with Crippen molar-refractivity contribution in [1.29, 1.82) is 0 Å². The SMILES string of the molecule is COc1cc(C(=S)N2CCN(Cc3ccccc3)CC2)cc(Br)c1OC. The molecule has 6 heteroatoms. The molecule has 1 saturated heterocycles. The molecule has 0 amide bonds. The highest BCUT2D eigenvalue weighted by Crippen LogP contribution is 2.36. The summed E-state index contributed by atoms with van der Waals surface area (Å²) in [6.45, 7) is 4.85. The van der Waals surface area contributed by atoms with Gasteiger partial charge < -0.3 is 14.4 Å². The molecule has 0 bridgehead atoms. The second-order valence-corrected chi connectivity index (χ2v) is 7.49. The van der Waals surface area contributed by atoms with Gasteiger partial charge in [-0.2, -0.15) is 0 Å². The molecule has 0 aliphatic carbocycles. The highest BCUT2D eigenvalue weighted by atomic mass is 79.9. The van der Waals surface area contributed by atoms with Crippen molar-refractivity contribution in [2.75, 3.05) is 40.4 Å². The Morgan fingerprint density at radius 1 is 1.04 bits per heavy atom. The maximum atomic E-state index is 5.75. The molecule has 1 fully saturated rings. The molecular weight excluding hydrogens is 412 g/mol. The number of ether oxygens (including phenoxy) is 2. The first-order valence-corrected chi connectivity index (χ1v) is 9.79. The quantitative estimate of drug-likeness (QED) is 0.663. The molecule has 1 aliphatic heterocycles. The van der Waals surface area contributed by atoms with Gasteiger partial charge in [0, 0.05) is 38.3 Å². The van der Waals surface area contributed by atoms with Crippen LogP contribution in [0.1, 0.15) is 11.1 Å². The highest BCUT2D eigenvalue weighted by molar-refractivity contribution is 9.10. The fourth-order valence-electron chi connectivity index (χ4n) is 3.17. The van der Waals surface area contributed by atoms with Gasteiger partial charge in [0.2, 0.25) is 0 Å². The first-order valence-electron chi connectivity index (χ1n) is 8.59. The van der Waals surface area contributed by atoms with Crippen LogP contribution in [0.4, 0.5) is 0 Å². The summed E-state index contributed by atoms with van der Waals surface area (Å²) in [6, 6.07) is 14.5. The van der Waals surface area contributed by atoms with Crippen molar-refractivity contribution in [2.45, 2.75) is 6.54 Å². The molecule has 0 N–H and O–H groups in total. The Kier molecular flexibility index (Phi) is 6.51. The van der Waals surface area contributed by atoms with Gasteiger partial charge in [-0.25, -0.2) is 0 Å². The molecule has 2 aromatic carbocycles. The van der Waals surface area contributed by atoms with Gasteiger partial charge >= 0.3 is 0 Å². The molecule has 0 atom stereocenters. The van der Waals surface area contributed by atoms with Gasteiger partial charge in [-0.05, 0) is 33.6 Å². The molecule has 0 unspecified atom stereocenters. The van der Waals surface area contributed by atoms with Gasteiger partial charge in [-0.3, -0.25) is 4.90 Å². The highest BCUT2D eigenvalue weighted by Gasteiger charge is 2.21. The van der Waals surface area contributed by atoms with Crippen LogP contribution < -0.4 is 9.47 Å². The zero-order valence-corrected chi connectivity index (χ0v) is 17.5. The Labute approximate surface area is 168 Å². The Balaban J connectivity index is 1.64. The first-order chi connectivity index (χ1) is 12.6. The van der Waals surface area contributed by atoms with E-state index in [1.54, 1.807) is 14.2 Å². The minimum Gasteiger partial charge on any atom is -0.493 e. The summed E-state index contributed by atoms with van der Waals surface area (Å²) in [5.41, 5.74) is 2.33. The topological polar surface area (TPSA) is 24.9 Å². The molecular formula is C20H23BrN2O2S. The van der Waals surface area contributed by atoms with Crippen LogP contribution in [0.15, 0.2) is 46.9 Å². The predicted octanol–water partition coefficient (Wildman–Crippen LogP) is 3.96. The van der Waals surface area contributed by atoms with Gasteiger partial charge in [-0.1, -0.05) is 42.5 Å². The summed E-state index contributed by atoms with van der Waals surface area (Å²) in [7, 11) is 3.27. The van der Waals surface area contributed by atoms with Crippen LogP contribution in [0.2, 0.25) is 0 Å². The maximum absolute atomic E-state index is 5.75. The van der Waals surface area contributed by atoms with Crippen LogP contribution in [-0.4, -0.2) is 55.2 Å². The van der Waals surface area contributed by atoms with E-state index in [-0.39, 0.29) is 0 Å². The van der Waals surface area contributed by atoms with Crippen molar-refractivity contribution in [3.05, 3.63) is 58.1 Å². The number of halogens is 1. The molecule has 26 heavy (non-hydrogen) atoms. The lowest BCUT2D eigenvalue weighted by Gasteiger charge is -2.36. The largest absolute Gasteiger partial charge is 0.493 e. The number of methoxy groups -OCH3 is 2. The van der Waals surface area contributed by atoms with Crippen molar-refractivity contribution in [3.8, 4) is 11.5 Å². The van der Waals surface area contributed by atoms with Crippen LogP contribution in [0.5, 0.6) is 11.5 Å². The van der Waals surface area contributed by atoms with Crippen molar-refractivity contribution in [2.24, 2.45) is 0 Å². The first kappa shape index (κ1) is 19.1. The normalized spacial score (nSPS) is 15.0. The zero-order chi connectivity index (χ0) is 18.5. The van der Waals surface area contributed by atoms with E-state index in [0.29, 0.717) is 11.5 Å². The minimum absolute atomic E-state index is 0.682. The van der Waals surface area contributed by atoms with Gasteiger partial charge in [0.25, 0.3) is 0 Å². The maximum Gasteiger partial charge on any atom is 0.174 e. The number of thiocarbonyl (C=S) groups is 1. The molecule has 0 radical (unpaired) electrons. The van der Waals surface area contributed by atoms with E-state index in [2.05, 4.69) is 56.1 Å². The van der Waals surface area contributed by atoms with Crippen LogP contribution >= 0.6 is 28.1 Å². The minimum atomic E-state index is 0.682. The van der Waals surface area contributed by atoms with E-state index in [9.17, 15) is 0 Å². The van der Waals surface area contributed by atoms with E-state index >= 15 is 0 Å². The average Bonchev–Trinajstić information content (AvgIpc) is 2.68. The second kappa shape index (κ2) is 8.84. The summed E-state index contributed by atoms with van der Waals surface area (Å²) in [5.74, 6) is 1.37. The Morgan fingerprint density at radius 3 is 2.35 bits per heavy atom. The molecule has 0 aromatic heterocycles. The molecule has 0 spiro atoms. The van der Waals surface area contributed by atoms with E-state index in [1.165, 1.54) is 5.56 Å². The number of benzene rings is 2. The fourth-order valence-corrected chi connectivity index (χ4v) is 4.08. The summed E-state index contributed by atoms with van der Waals surface area (Å²) >= 11 is 9.29. The summed E-state index contributed by atoms with van der Waals surface area (Å²) in [4.78, 5) is 5.59. The molecule has 1 aliphatic rings. The lowest BCUT2D eigenvalue weighted by molar-refractivity contribution is 0.177. The zero-order valence-electron chi connectivity index (χ0n) is 15.1. The Hall–Kier alpha value is -1.63. The third-order valence-electron chi connectivity index (χ3n) is 4.59. The number of rotatable bonds is 5. The molecule has 1 heterocycles. The Bertz CT molecular complexity index is 762. The molecule has 3 rings (SSSR count). The third kappa shape index (κ3) is 4.37. The summed E-state index contributed by atoms with van der Waals surface area (Å²) < 4.78 is 11.7. The predicted molar refractivity (Wildman–Crippen MR) is 112 cm³/mol. The third-order valence-corrected chi connectivity index (χ3v) is 5.67. The molecule has 138 valence electrons. The lowest BCUT2D eigenvalue weighted by Crippen LogP contribution is -2.48. The number of hydrogen-bond acceptors (Lipinski definition) is 4. The Morgan fingerprint density at radius 2 is 1.73 bits per heavy atom. The summed E-state index contributed by atoms with van der Waals surface area (Å²) in [6.07, 6.45) is 0. The van der Waals surface area contributed by atoms with Crippen molar-refractivity contribution >= 4 is 33.1 Å². The van der Waals surface area contributed by atoms with E-state index < -0.39 is 0 Å². The smallest absolute Gasteiger partial charge is 0.174 e. The lowest BCUT2D eigenvalue weighted by atomic mass is 10.1. The monoisotopic (exact) mass is 434 g/mol. The molecule has 2 aromatic rings. The average molecular weight is 435 g/mol. The van der Waals surface area contributed by atoms with Crippen LogP contribution in [0, 0.1) is 0 Å². The van der Waals surface area contributed by atoms with E-state index in [1.807, 2.05) is 12.1 Å². The standard InChI is InChI=1S/C20H23BrN2O2S/c1-24-18-13-16(12-17(21)19(18)25-2)20(26)23-10-8-22(9-11-23)14-15-6-4-3-5-7-15/h3-7,12-13H,8-11,14H2,1-2H3. The van der Waals surface area contributed by atoms with Gasteiger partial charge in [-0.15, -0.1) is 0 Å². The van der Waals surface area contributed by atoms with Crippen molar-refractivity contribution < 1.29 is 9.47 Å². The van der Waals surface area contributed by atoms with E-state index in [0.717, 1.165) is 47.7 Å². The number of nitrogens with zero attached hydrogens (tertiary/aromatic N) is 2. The van der Waals surface area contributed by atoms with Crippen molar-refractivity contribution in [1.82, 2.24) is 9.80 Å². The summed E-state index contributed by atoms with van der Waals surface area (Å²) in [5, 5.41) is 0. The van der Waals surface area contributed by atoms with Crippen molar-refractivity contribution in [3.63, 3.8) is 0 Å². The van der Waals surface area contributed by atoms with E-state index in [4.69, 9.17) is 21.7 Å². The van der Waals surface area contributed by atoms with Gasteiger partial charge in [0.05, 0.1) is 18.7 Å². The fraction of sp³-hybridized carbons (Fsp3) is 0.350. The molecule has 4 nitrogen and oxygen atoms in total. The van der Waals surface area contributed by atoms with Crippen LogP contribution in [0.25, 0.3) is 0 Å².